The topological polar surface area (TPSA) is 218 Å². The molecule has 274 valence electrons. The quantitative estimate of drug-likeness (QED) is 0.146. The molecule has 1 saturated heterocycles. The average molecular weight is 683 g/mol. The summed E-state index contributed by atoms with van der Waals surface area (Å²) >= 11 is 0. The highest BCUT2D eigenvalue weighted by Crippen LogP contribution is 2.75. The molecule has 5 aliphatic carbocycles. The van der Waals surface area contributed by atoms with Crippen LogP contribution in [0.4, 0.5) is 0 Å². The van der Waals surface area contributed by atoms with E-state index in [4.69, 9.17) is 9.47 Å². The van der Waals surface area contributed by atoms with Crippen LogP contribution in [0.3, 0.4) is 0 Å². The second-order valence-electron chi connectivity index (χ2n) is 18.0. The van der Waals surface area contributed by atoms with Crippen molar-refractivity contribution >= 4 is 5.97 Å². The number of carbonyl (C=O) groups is 1. The molecular weight excluding hydrogens is 624 g/mol. The smallest absolute Gasteiger partial charge is 0.335 e. The minimum absolute atomic E-state index is 0.0347. The minimum Gasteiger partial charge on any atom is -0.479 e. The molecule has 0 aromatic rings. The van der Waals surface area contributed by atoms with Gasteiger partial charge in [0, 0.05) is 5.41 Å². The molecule has 12 nitrogen and oxygen atoms in total. The fourth-order valence-corrected chi connectivity index (χ4v) is 12.5. The molecule has 6 aliphatic rings. The Balaban J connectivity index is 1.33. The highest BCUT2D eigenvalue weighted by Gasteiger charge is 2.72. The second-order valence-corrected chi connectivity index (χ2v) is 18.0. The van der Waals surface area contributed by atoms with Gasteiger partial charge in [-0.25, -0.2) is 4.79 Å². The molecule has 12 heteroatoms. The number of aliphatic carboxylic acids is 1. The summed E-state index contributed by atoms with van der Waals surface area (Å²) in [4.78, 5) is 11.7. The standard InChI is InChI=1S/C36H58O12/c1-31(2)13-18-17-7-8-20-32(3)11-10-22(47-30-25(42)23(40)24(41)26(48-30)29(45)46)33(4,15-37)19(32)9-12-34(20,5)35(17,6)14-21(39)36(18,16-38)28(44)27(31)43/h7,18-28,30,37-44H,8-16H2,1-6H3,(H,45,46)/t18-,19?,20?,21-,22?,23+,24+,25-,26+,27-,28-,30-,32+,33?,34-,35-,36+/m1/s1. The number of carboxylic acids is 1. The molecule has 1 aliphatic heterocycles. The zero-order valence-corrected chi connectivity index (χ0v) is 29.1. The van der Waals surface area contributed by atoms with Crippen LogP contribution in [0.15, 0.2) is 11.6 Å². The fourth-order valence-electron chi connectivity index (χ4n) is 12.5. The van der Waals surface area contributed by atoms with Crippen molar-refractivity contribution in [3.63, 3.8) is 0 Å². The summed E-state index contributed by atoms with van der Waals surface area (Å²) in [6, 6.07) is 0. The van der Waals surface area contributed by atoms with Gasteiger partial charge >= 0.3 is 5.97 Å². The highest BCUT2D eigenvalue weighted by atomic mass is 16.7. The van der Waals surface area contributed by atoms with E-state index < -0.39 is 89.4 Å². The summed E-state index contributed by atoms with van der Waals surface area (Å²) in [6.07, 6.45) is -6.04. The number of hydrogen-bond acceptors (Lipinski definition) is 11. The van der Waals surface area contributed by atoms with Crippen molar-refractivity contribution in [1.82, 2.24) is 0 Å². The van der Waals surface area contributed by atoms with Crippen LogP contribution >= 0.6 is 0 Å². The lowest BCUT2D eigenvalue weighted by Crippen LogP contribution is -2.71. The minimum atomic E-state index is -1.83. The van der Waals surface area contributed by atoms with Gasteiger partial charge in [0.1, 0.15) is 18.3 Å². The van der Waals surface area contributed by atoms with Gasteiger partial charge in [0.05, 0.1) is 43.0 Å². The molecule has 17 atom stereocenters. The van der Waals surface area contributed by atoms with E-state index in [0.29, 0.717) is 25.7 Å². The first kappa shape index (κ1) is 36.6. The molecule has 5 fully saturated rings. The van der Waals surface area contributed by atoms with E-state index in [9.17, 15) is 50.8 Å². The number of carboxylic acid groups (broad SMARTS) is 1. The van der Waals surface area contributed by atoms with Gasteiger partial charge in [-0.05, 0) is 84.4 Å². The number of rotatable bonds is 5. The van der Waals surface area contributed by atoms with Crippen molar-refractivity contribution < 1.29 is 60.2 Å². The Morgan fingerprint density at radius 2 is 1.52 bits per heavy atom. The van der Waals surface area contributed by atoms with E-state index >= 15 is 0 Å². The molecule has 0 aromatic carbocycles. The van der Waals surface area contributed by atoms with Crippen LogP contribution in [0.5, 0.6) is 0 Å². The maximum absolute atomic E-state index is 11.9. The fraction of sp³-hybridized carbons (Fsp3) is 0.917. The maximum Gasteiger partial charge on any atom is 0.335 e. The third kappa shape index (κ3) is 4.60. The number of aliphatic hydroxyl groups excluding tert-OH is 8. The third-order valence-corrected chi connectivity index (χ3v) is 15.6. The van der Waals surface area contributed by atoms with Crippen LogP contribution in [0.1, 0.15) is 86.5 Å². The van der Waals surface area contributed by atoms with Gasteiger partial charge in [-0.3, -0.25) is 0 Å². The van der Waals surface area contributed by atoms with Crippen LogP contribution in [-0.4, -0.2) is 120 Å². The Morgan fingerprint density at radius 1 is 0.854 bits per heavy atom. The lowest BCUT2D eigenvalue weighted by Gasteiger charge is -2.72. The van der Waals surface area contributed by atoms with Crippen molar-refractivity contribution in [2.24, 2.45) is 50.2 Å². The van der Waals surface area contributed by atoms with Gasteiger partial charge in [0.15, 0.2) is 12.4 Å². The Bertz CT molecular complexity index is 1310. The van der Waals surface area contributed by atoms with Gasteiger partial charge in [0.2, 0.25) is 0 Å². The van der Waals surface area contributed by atoms with Gasteiger partial charge in [-0.1, -0.05) is 53.2 Å². The van der Waals surface area contributed by atoms with Gasteiger partial charge in [0.25, 0.3) is 0 Å². The molecular formula is C36H58O12. The van der Waals surface area contributed by atoms with E-state index in [2.05, 4.69) is 26.8 Å². The summed E-state index contributed by atoms with van der Waals surface area (Å²) in [6.45, 7) is 12.0. The number of ether oxygens (including phenoxy) is 2. The molecule has 6 rings (SSSR count). The zero-order valence-electron chi connectivity index (χ0n) is 29.1. The Labute approximate surface area is 282 Å². The first-order valence-electron chi connectivity index (χ1n) is 17.8. The van der Waals surface area contributed by atoms with Gasteiger partial charge in [-0.2, -0.15) is 0 Å². The number of hydrogen-bond donors (Lipinski definition) is 9. The van der Waals surface area contributed by atoms with Gasteiger partial charge < -0.3 is 55.4 Å². The molecule has 0 amide bonds. The van der Waals surface area contributed by atoms with E-state index in [0.717, 1.165) is 24.8 Å². The van der Waals surface area contributed by atoms with Crippen LogP contribution < -0.4 is 0 Å². The Hall–Kier alpha value is -1.19. The summed E-state index contributed by atoms with van der Waals surface area (Å²) in [5.41, 5.74) is -2.56. The van der Waals surface area contributed by atoms with Crippen LogP contribution in [-0.2, 0) is 14.3 Å². The van der Waals surface area contributed by atoms with Crippen molar-refractivity contribution in [2.45, 2.75) is 142 Å². The molecule has 4 unspecified atom stereocenters. The lowest BCUT2D eigenvalue weighted by molar-refractivity contribution is -0.328. The Morgan fingerprint density at radius 3 is 2.12 bits per heavy atom. The third-order valence-electron chi connectivity index (χ3n) is 15.6. The van der Waals surface area contributed by atoms with Crippen molar-refractivity contribution in [1.29, 1.82) is 0 Å². The second kappa shape index (κ2) is 11.7. The van der Waals surface area contributed by atoms with E-state index in [1.165, 1.54) is 0 Å². The molecule has 4 saturated carbocycles. The maximum atomic E-state index is 11.9. The van der Waals surface area contributed by atoms with Crippen molar-refractivity contribution in [3.8, 4) is 0 Å². The molecule has 0 radical (unpaired) electrons. The van der Waals surface area contributed by atoms with E-state index in [1.54, 1.807) is 0 Å². The highest BCUT2D eigenvalue weighted by molar-refractivity contribution is 5.73. The summed E-state index contributed by atoms with van der Waals surface area (Å²) in [7, 11) is 0. The van der Waals surface area contributed by atoms with Crippen molar-refractivity contribution in [2.75, 3.05) is 13.2 Å². The van der Waals surface area contributed by atoms with E-state index in [-0.39, 0.29) is 35.2 Å². The first-order chi connectivity index (χ1) is 22.2. The molecule has 9 N–H and O–H groups in total. The van der Waals surface area contributed by atoms with E-state index in [1.807, 2.05) is 20.8 Å². The molecule has 0 bridgehead atoms. The monoisotopic (exact) mass is 682 g/mol. The van der Waals surface area contributed by atoms with Gasteiger partial charge in [-0.15, -0.1) is 0 Å². The first-order valence-corrected chi connectivity index (χ1v) is 17.8. The molecule has 0 spiro atoms. The molecule has 1 heterocycles. The predicted molar refractivity (Wildman–Crippen MR) is 171 cm³/mol. The summed E-state index contributed by atoms with van der Waals surface area (Å²) in [5, 5.41) is 97.2. The molecule has 0 aromatic heterocycles. The normalized spacial score (nSPS) is 56.2. The molecule has 48 heavy (non-hydrogen) atoms. The predicted octanol–water partition coefficient (Wildman–Crippen LogP) is 0.943. The zero-order chi connectivity index (χ0) is 35.6. The van der Waals surface area contributed by atoms with Crippen LogP contribution in [0.25, 0.3) is 0 Å². The van der Waals surface area contributed by atoms with Crippen LogP contribution in [0, 0.1) is 50.2 Å². The number of fused-ring (bicyclic) bond motifs is 7. The lowest BCUT2D eigenvalue weighted by atomic mass is 9.33. The summed E-state index contributed by atoms with van der Waals surface area (Å²) in [5.74, 6) is -1.69. The summed E-state index contributed by atoms with van der Waals surface area (Å²) < 4.78 is 11.7. The SMILES string of the molecule is CC1(CO)C(O[C@@H]2O[C@H](C(=O)O)[C@@H](O)[C@H](O)[C@H]2O)CC[C@@]2(C)C1CC[C@]1(C)C2CC=C2[C@H]3CC(C)(C)[C@H](O)[C@@H](O)[C@]3(CO)[C@H](O)C[C@]21C. The van der Waals surface area contributed by atoms with Crippen LogP contribution in [0.2, 0.25) is 0 Å². The Kier molecular flexibility index (Phi) is 8.89. The number of allylic oxidation sites excluding steroid dienone is 2. The van der Waals surface area contributed by atoms with Crippen molar-refractivity contribution in [3.05, 3.63) is 11.6 Å². The number of aliphatic hydroxyl groups is 8. The largest absolute Gasteiger partial charge is 0.479 e. The average Bonchev–Trinajstić information content (AvgIpc) is 3.01.